The summed E-state index contributed by atoms with van der Waals surface area (Å²) in [5.41, 5.74) is 1.67. The fourth-order valence-electron chi connectivity index (χ4n) is 5.23. The van der Waals surface area contributed by atoms with Gasteiger partial charge in [0, 0.05) is 17.5 Å². The fourth-order valence-corrected chi connectivity index (χ4v) is 5.23. The number of hydrogen-bond acceptors (Lipinski definition) is 6. The quantitative estimate of drug-likeness (QED) is 0.567. The van der Waals surface area contributed by atoms with Gasteiger partial charge in [-0.1, -0.05) is 18.1 Å². The lowest BCUT2D eigenvalue weighted by molar-refractivity contribution is -0.0593. The molecule has 0 amide bonds. The van der Waals surface area contributed by atoms with E-state index in [4.69, 9.17) is 9.26 Å². The highest BCUT2D eigenvalue weighted by Crippen LogP contribution is 2.56. The fraction of sp³-hybridized carbons (Fsp3) is 0.545. The van der Waals surface area contributed by atoms with Gasteiger partial charge in [-0.2, -0.15) is 0 Å². The monoisotopic (exact) mass is 413 g/mol. The van der Waals surface area contributed by atoms with Crippen LogP contribution in [0.25, 0.3) is 10.9 Å². The van der Waals surface area contributed by atoms with E-state index < -0.39 is 17.6 Å². The molecule has 1 aliphatic carbocycles. The van der Waals surface area contributed by atoms with Crippen LogP contribution in [0.4, 0.5) is 0 Å². The first-order valence-electron chi connectivity index (χ1n) is 10.4. The SMILES string of the molecule is C[C@H]1C[C@]1(c1noc(=O)[nH]1)n1c(C(O)O)cc2cc(C3CCOC(C)(C)C3)ccc21. The van der Waals surface area contributed by atoms with Crippen LogP contribution in [0, 0.1) is 5.92 Å². The maximum absolute atomic E-state index is 11.6. The third-order valence-corrected chi connectivity index (χ3v) is 6.81. The van der Waals surface area contributed by atoms with Crippen molar-refractivity contribution in [3.63, 3.8) is 0 Å². The number of ether oxygens (including phenoxy) is 1. The standard InChI is InChI=1S/C22H27N3O5/c1-12-10-22(12,19-23-20(28)30-24-19)25-16-5-4-13(8-15(16)9-17(25)18(26)27)14-6-7-29-21(2,3)11-14/h4-5,8-9,12,14,18,26-27H,6-7,10-11H2,1-3H3,(H,23,24,28)/t12-,14?,22-/m0/s1. The topological polar surface area (TPSA) is 114 Å². The Labute approximate surface area is 173 Å². The van der Waals surface area contributed by atoms with Crippen LogP contribution in [0.3, 0.4) is 0 Å². The summed E-state index contributed by atoms with van der Waals surface area (Å²) in [5.74, 6) is 0.345. The van der Waals surface area contributed by atoms with Gasteiger partial charge in [-0.25, -0.2) is 4.79 Å². The van der Waals surface area contributed by atoms with Crippen LogP contribution in [0.2, 0.25) is 0 Å². The molecule has 2 aliphatic rings. The summed E-state index contributed by atoms with van der Waals surface area (Å²) in [4.78, 5) is 14.3. The minimum atomic E-state index is -1.65. The Bertz CT molecular complexity index is 1160. The van der Waals surface area contributed by atoms with E-state index in [0.29, 0.717) is 17.4 Å². The van der Waals surface area contributed by atoms with E-state index in [1.165, 1.54) is 5.56 Å². The minimum Gasteiger partial charge on any atom is -0.376 e. The van der Waals surface area contributed by atoms with Crippen molar-refractivity contribution in [1.82, 2.24) is 14.7 Å². The zero-order chi connectivity index (χ0) is 21.3. The molecule has 0 spiro atoms. The van der Waals surface area contributed by atoms with E-state index in [9.17, 15) is 15.0 Å². The first-order chi connectivity index (χ1) is 14.2. The largest absolute Gasteiger partial charge is 0.438 e. The van der Waals surface area contributed by atoms with Crippen molar-refractivity contribution in [3.05, 3.63) is 51.9 Å². The van der Waals surface area contributed by atoms with Crippen molar-refractivity contribution in [3.8, 4) is 0 Å². The maximum Gasteiger partial charge on any atom is 0.438 e. The molecule has 160 valence electrons. The van der Waals surface area contributed by atoms with Crippen LogP contribution >= 0.6 is 0 Å². The summed E-state index contributed by atoms with van der Waals surface area (Å²) in [6.45, 7) is 7.01. The van der Waals surface area contributed by atoms with Gasteiger partial charge in [0.1, 0.15) is 5.54 Å². The van der Waals surface area contributed by atoms with Gasteiger partial charge in [0.2, 0.25) is 0 Å². The number of aromatic amines is 1. The molecule has 1 saturated carbocycles. The van der Waals surface area contributed by atoms with Crippen molar-refractivity contribution in [2.45, 2.75) is 63.4 Å². The van der Waals surface area contributed by atoms with Gasteiger partial charge in [0.25, 0.3) is 0 Å². The van der Waals surface area contributed by atoms with E-state index in [-0.39, 0.29) is 11.5 Å². The van der Waals surface area contributed by atoms with Crippen molar-refractivity contribution in [1.29, 1.82) is 0 Å². The van der Waals surface area contributed by atoms with Crippen LogP contribution in [0.5, 0.6) is 0 Å². The van der Waals surface area contributed by atoms with Gasteiger partial charge >= 0.3 is 5.76 Å². The Hall–Kier alpha value is -2.42. The number of benzene rings is 1. The molecule has 8 heteroatoms. The lowest BCUT2D eigenvalue weighted by atomic mass is 9.83. The summed E-state index contributed by atoms with van der Waals surface area (Å²) in [5, 5.41) is 25.1. The molecule has 30 heavy (non-hydrogen) atoms. The molecule has 0 bridgehead atoms. The molecular weight excluding hydrogens is 386 g/mol. The number of hydrogen-bond donors (Lipinski definition) is 3. The number of rotatable bonds is 4. The average Bonchev–Trinajstić information content (AvgIpc) is 3.03. The van der Waals surface area contributed by atoms with Crippen LogP contribution in [0.15, 0.2) is 33.6 Å². The Balaban J connectivity index is 1.64. The van der Waals surface area contributed by atoms with E-state index >= 15 is 0 Å². The molecule has 1 unspecified atom stereocenters. The molecular formula is C22H27N3O5. The first-order valence-corrected chi connectivity index (χ1v) is 10.4. The molecule has 5 rings (SSSR count). The second kappa shape index (κ2) is 6.54. The molecule has 8 nitrogen and oxygen atoms in total. The van der Waals surface area contributed by atoms with Gasteiger partial charge in [-0.15, -0.1) is 0 Å². The normalized spacial score (nSPS) is 28.3. The van der Waals surface area contributed by atoms with Crippen LogP contribution < -0.4 is 5.76 Å². The number of nitrogens with zero attached hydrogens (tertiary/aromatic N) is 2. The predicted octanol–water partition coefficient (Wildman–Crippen LogP) is 2.76. The Morgan fingerprint density at radius 2 is 2.03 bits per heavy atom. The summed E-state index contributed by atoms with van der Waals surface area (Å²) in [7, 11) is 0. The number of aliphatic hydroxyl groups is 2. The van der Waals surface area contributed by atoms with E-state index in [0.717, 1.165) is 36.8 Å². The van der Waals surface area contributed by atoms with Crippen molar-refractivity contribution < 1.29 is 19.5 Å². The number of nitrogens with one attached hydrogen (secondary N) is 1. The Morgan fingerprint density at radius 1 is 1.27 bits per heavy atom. The number of H-pyrrole nitrogens is 1. The van der Waals surface area contributed by atoms with Gasteiger partial charge in [-0.3, -0.25) is 9.51 Å². The van der Waals surface area contributed by atoms with Crippen LogP contribution in [0.1, 0.15) is 69.3 Å². The molecule has 2 aromatic heterocycles. The maximum atomic E-state index is 11.6. The van der Waals surface area contributed by atoms with Crippen molar-refractivity contribution in [2.75, 3.05) is 6.61 Å². The highest BCUT2D eigenvalue weighted by Gasteiger charge is 2.58. The molecule has 0 radical (unpaired) electrons. The highest BCUT2D eigenvalue weighted by molar-refractivity contribution is 5.83. The van der Waals surface area contributed by atoms with Crippen LogP contribution in [-0.4, -0.2) is 37.1 Å². The molecule has 3 aromatic rings. The lowest BCUT2D eigenvalue weighted by Crippen LogP contribution is -2.32. The molecule has 1 aromatic carbocycles. The zero-order valence-electron chi connectivity index (χ0n) is 17.4. The van der Waals surface area contributed by atoms with Crippen LogP contribution in [-0.2, 0) is 10.3 Å². The number of aromatic nitrogens is 3. The smallest absolute Gasteiger partial charge is 0.376 e. The summed E-state index contributed by atoms with van der Waals surface area (Å²) in [6.07, 6.45) is 0.975. The van der Waals surface area contributed by atoms with Gasteiger partial charge < -0.3 is 19.5 Å². The van der Waals surface area contributed by atoms with Gasteiger partial charge in [0.05, 0.1) is 11.3 Å². The minimum absolute atomic E-state index is 0.150. The second-order valence-corrected chi connectivity index (χ2v) is 9.37. The molecule has 3 heterocycles. The summed E-state index contributed by atoms with van der Waals surface area (Å²) in [6, 6.07) is 8.10. The lowest BCUT2D eigenvalue weighted by Gasteiger charge is -2.35. The molecule has 1 aliphatic heterocycles. The number of aliphatic hydroxyl groups excluding tert-OH is 1. The highest BCUT2D eigenvalue weighted by atomic mass is 16.5. The second-order valence-electron chi connectivity index (χ2n) is 9.37. The Morgan fingerprint density at radius 3 is 2.63 bits per heavy atom. The third-order valence-electron chi connectivity index (χ3n) is 6.81. The number of fused-ring (bicyclic) bond motifs is 1. The molecule has 1 saturated heterocycles. The van der Waals surface area contributed by atoms with E-state index in [1.807, 2.05) is 23.6 Å². The molecule has 3 N–H and O–H groups in total. The van der Waals surface area contributed by atoms with Crippen molar-refractivity contribution in [2.24, 2.45) is 5.92 Å². The first kappa shape index (κ1) is 19.5. The van der Waals surface area contributed by atoms with E-state index in [1.54, 1.807) is 0 Å². The summed E-state index contributed by atoms with van der Waals surface area (Å²) < 4.78 is 12.5. The summed E-state index contributed by atoms with van der Waals surface area (Å²) >= 11 is 0. The van der Waals surface area contributed by atoms with Gasteiger partial charge in [0.15, 0.2) is 12.1 Å². The Kier molecular flexibility index (Phi) is 4.26. The third kappa shape index (κ3) is 2.93. The average molecular weight is 413 g/mol. The van der Waals surface area contributed by atoms with Gasteiger partial charge in [-0.05, 0) is 68.7 Å². The van der Waals surface area contributed by atoms with E-state index in [2.05, 4.69) is 36.1 Å². The predicted molar refractivity (Wildman–Crippen MR) is 109 cm³/mol. The molecule has 3 atom stereocenters. The zero-order valence-corrected chi connectivity index (χ0v) is 17.4. The molecule has 2 fully saturated rings. The van der Waals surface area contributed by atoms with Crippen molar-refractivity contribution >= 4 is 10.9 Å².